The standard InChI is InChI=1S/C12H21N2O/c15-12(13-11-7-3-4-8-11)14-9-5-1-2-6-10-14/h11H,1-10H2. The van der Waals surface area contributed by atoms with Crippen LogP contribution in [0.1, 0.15) is 51.4 Å². The molecule has 3 nitrogen and oxygen atoms in total. The van der Waals surface area contributed by atoms with E-state index in [4.69, 9.17) is 0 Å². The second kappa shape index (κ2) is 5.38. The van der Waals surface area contributed by atoms with Gasteiger partial charge < -0.3 is 4.90 Å². The van der Waals surface area contributed by atoms with Crippen molar-refractivity contribution in [2.45, 2.75) is 57.4 Å². The molecule has 0 aromatic carbocycles. The van der Waals surface area contributed by atoms with Gasteiger partial charge in [0.05, 0.1) is 6.04 Å². The van der Waals surface area contributed by atoms with Crippen molar-refractivity contribution in [2.75, 3.05) is 13.1 Å². The van der Waals surface area contributed by atoms with E-state index < -0.39 is 0 Å². The highest BCUT2D eigenvalue weighted by Crippen LogP contribution is 2.19. The van der Waals surface area contributed by atoms with Crippen LogP contribution in [0.5, 0.6) is 0 Å². The minimum absolute atomic E-state index is 0.0591. The monoisotopic (exact) mass is 209 g/mol. The van der Waals surface area contributed by atoms with E-state index in [1.54, 1.807) is 0 Å². The summed E-state index contributed by atoms with van der Waals surface area (Å²) >= 11 is 0. The Hall–Kier alpha value is -0.730. The van der Waals surface area contributed by atoms with Crippen molar-refractivity contribution in [1.29, 1.82) is 0 Å². The average Bonchev–Trinajstić information content (AvgIpc) is 2.58. The van der Waals surface area contributed by atoms with Crippen LogP contribution in [0.15, 0.2) is 0 Å². The van der Waals surface area contributed by atoms with Crippen LogP contribution in [0.25, 0.3) is 0 Å². The van der Waals surface area contributed by atoms with Gasteiger partial charge in [-0.1, -0.05) is 25.7 Å². The number of carbonyl (C=O) groups excluding carboxylic acids is 1. The van der Waals surface area contributed by atoms with E-state index in [1.165, 1.54) is 25.7 Å². The Morgan fingerprint density at radius 3 is 2.13 bits per heavy atom. The van der Waals surface area contributed by atoms with E-state index >= 15 is 0 Å². The number of amides is 2. The fraction of sp³-hybridized carbons (Fsp3) is 0.917. The minimum atomic E-state index is 0.0591. The molecule has 0 atom stereocenters. The molecule has 2 aliphatic rings. The largest absolute Gasteiger partial charge is 0.339 e. The van der Waals surface area contributed by atoms with E-state index in [-0.39, 0.29) is 6.03 Å². The summed E-state index contributed by atoms with van der Waals surface area (Å²) in [5.74, 6) is 0. The van der Waals surface area contributed by atoms with Crippen LogP contribution < -0.4 is 5.32 Å². The molecule has 0 aromatic heterocycles. The van der Waals surface area contributed by atoms with Gasteiger partial charge in [0.1, 0.15) is 0 Å². The molecule has 1 saturated heterocycles. The van der Waals surface area contributed by atoms with E-state index in [9.17, 15) is 4.79 Å². The van der Waals surface area contributed by atoms with E-state index in [2.05, 4.69) is 5.32 Å². The first-order valence-electron chi connectivity index (χ1n) is 6.36. The molecule has 0 unspecified atom stereocenters. The fourth-order valence-electron chi connectivity index (χ4n) is 2.53. The maximum Gasteiger partial charge on any atom is 0.339 e. The molecule has 3 heteroatoms. The Morgan fingerprint density at radius 2 is 1.53 bits per heavy atom. The third-order valence-electron chi connectivity index (χ3n) is 3.49. The zero-order valence-corrected chi connectivity index (χ0v) is 9.45. The first kappa shape index (κ1) is 10.8. The normalized spacial score (nSPS) is 23.9. The number of likely N-dealkylation sites (tertiary alicyclic amines) is 1. The van der Waals surface area contributed by atoms with E-state index in [0.717, 1.165) is 38.8 Å². The summed E-state index contributed by atoms with van der Waals surface area (Å²) in [6.07, 6.45) is 9.61. The summed E-state index contributed by atoms with van der Waals surface area (Å²) in [5, 5.41) is 4.33. The summed E-state index contributed by atoms with van der Waals surface area (Å²) in [5.41, 5.74) is 0. The van der Waals surface area contributed by atoms with Crippen LogP contribution >= 0.6 is 0 Å². The fourth-order valence-corrected chi connectivity index (χ4v) is 2.53. The summed E-state index contributed by atoms with van der Waals surface area (Å²) < 4.78 is 0. The van der Waals surface area contributed by atoms with Gasteiger partial charge in [-0.25, -0.2) is 10.1 Å². The smallest absolute Gasteiger partial charge is 0.323 e. The Labute approximate surface area is 92.2 Å². The van der Waals surface area contributed by atoms with Gasteiger partial charge in [0.25, 0.3) is 0 Å². The second-order valence-corrected chi connectivity index (χ2v) is 4.75. The third kappa shape index (κ3) is 3.11. The Kier molecular flexibility index (Phi) is 3.87. The van der Waals surface area contributed by atoms with Gasteiger partial charge in [-0.15, -0.1) is 0 Å². The highest BCUT2D eigenvalue weighted by Gasteiger charge is 2.23. The molecule has 1 saturated carbocycles. The van der Waals surface area contributed by atoms with Gasteiger partial charge in [-0.2, -0.15) is 0 Å². The quantitative estimate of drug-likeness (QED) is 0.653. The van der Waals surface area contributed by atoms with Gasteiger partial charge in [0.2, 0.25) is 0 Å². The number of hydrogen-bond acceptors (Lipinski definition) is 1. The highest BCUT2D eigenvalue weighted by atomic mass is 16.2. The Morgan fingerprint density at radius 1 is 0.933 bits per heavy atom. The molecule has 2 fully saturated rings. The van der Waals surface area contributed by atoms with Gasteiger partial charge in [-0.3, -0.25) is 0 Å². The summed E-state index contributed by atoms with van der Waals surface area (Å²) in [7, 11) is 0. The summed E-state index contributed by atoms with van der Waals surface area (Å²) in [6, 6.07) is 0.393. The number of rotatable bonds is 1. The predicted octanol–water partition coefficient (Wildman–Crippen LogP) is 2.53. The summed E-state index contributed by atoms with van der Waals surface area (Å²) in [6.45, 7) is 1.85. The van der Waals surface area contributed by atoms with Gasteiger partial charge in [-0.05, 0) is 25.7 Å². The minimum Gasteiger partial charge on any atom is -0.323 e. The number of hydrogen-bond donors (Lipinski definition) is 0. The molecular formula is C12H21N2O. The first-order chi connectivity index (χ1) is 7.36. The SMILES string of the molecule is O=C([N]C1CCCC1)N1CCCCCC1. The first-order valence-corrected chi connectivity index (χ1v) is 6.36. The molecule has 2 amide bonds. The molecule has 1 heterocycles. The molecule has 85 valence electrons. The van der Waals surface area contributed by atoms with Crippen molar-refractivity contribution in [1.82, 2.24) is 10.2 Å². The van der Waals surface area contributed by atoms with Crippen LogP contribution in [0.2, 0.25) is 0 Å². The van der Waals surface area contributed by atoms with Gasteiger partial charge >= 0.3 is 6.03 Å². The topological polar surface area (TPSA) is 34.4 Å². The lowest BCUT2D eigenvalue weighted by Gasteiger charge is -2.21. The number of nitrogens with zero attached hydrogens (tertiary/aromatic N) is 2. The molecule has 15 heavy (non-hydrogen) atoms. The van der Waals surface area contributed by atoms with E-state index in [0.29, 0.717) is 6.04 Å². The maximum atomic E-state index is 11.9. The van der Waals surface area contributed by atoms with Crippen molar-refractivity contribution in [3.05, 3.63) is 0 Å². The van der Waals surface area contributed by atoms with Crippen molar-refractivity contribution in [3.63, 3.8) is 0 Å². The molecule has 1 radical (unpaired) electrons. The van der Waals surface area contributed by atoms with Crippen molar-refractivity contribution in [3.8, 4) is 0 Å². The molecule has 0 N–H and O–H groups in total. The second-order valence-electron chi connectivity index (χ2n) is 4.75. The van der Waals surface area contributed by atoms with Crippen molar-refractivity contribution < 1.29 is 4.79 Å². The Bertz CT molecular complexity index is 204. The molecule has 2 rings (SSSR count). The van der Waals surface area contributed by atoms with Gasteiger partial charge in [0, 0.05) is 13.1 Å². The lowest BCUT2D eigenvalue weighted by atomic mass is 10.2. The summed E-state index contributed by atoms with van der Waals surface area (Å²) in [4.78, 5) is 13.8. The van der Waals surface area contributed by atoms with E-state index in [1.807, 2.05) is 4.90 Å². The lowest BCUT2D eigenvalue weighted by Crippen LogP contribution is -2.39. The molecule has 0 spiro atoms. The van der Waals surface area contributed by atoms with Crippen LogP contribution in [-0.2, 0) is 0 Å². The van der Waals surface area contributed by atoms with Crippen molar-refractivity contribution in [2.24, 2.45) is 0 Å². The van der Waals surface area contributed by atoms with Crippen LogP contribution in [0.3, 0.4) is 0 Å². The Balaban J connectivity index is 1.77. The zero-order valence-electron chi connectivity index (χ0n) is 9.45. The molecule has 1 aliphatic heterocycles. The van der Waals surface area contributed by atoms with Gasteiger partial charge in [0.15, 0.2) is 0 Å². The molecule has 0 bridgehead atoms. The molecule has 0 aromatic rings. The average molecular weight is 209 g/mol. The number of carbonyl (C=O) groups is 1. The predicted molar refractivity (Wildman–Crippen MR) is 59.8 cm³/mol. The van der Waals surface area contributed by atoms with Crippen LogP contribution in [0, 0.1) is 0 Å². The van der Waals surface area contributed by atoms with Crippen LogP contribution in [-0.4, -0.2) is 30.1 Å². The maximum absolute atomic E-state index is 11.9. The molecular weight excluding hydrogens is 188 g/mol. The highest BCUT2D eigenvalue weighted by molar-refractivity contribution is 5.74. The molecule has 1 aliphatic carbocycles. The zero-order chi connectivity index (χ0) is 10.5. The van der Waals surface area contributed by atoms with Crippen LogP contribution in [0.4, 0.5) is 4.79 Å². The lowest BCUT2D eigenvalue weighted by molar-refractivity contribution is 0.194. The number of urea groups is 1. The third-order valence-corrected chi connectivity index (χ3v) is 3.49. The van der Waals surface area contributed by atoms with Crippen molar-refractivity contribution >= 4 is 6.03 Å².